The minimum absolute atomic E-state index is 0.0556. The lowest BCUT2D eigenvalue weighted by Gasteiger charge is -2.33. The number of aromatic nitrogens is 2. The summed E-state index contributed by atoms with van der Waals surface area (Å²) in [5.41, 5.74) is 1.79. The van der Waals surface area contributed by atoms with E-state index < -0.39 is 0 Å². The minimum Gasteiger partial charge on any atom is -0.497 e. The van der Waals surface area contributed by atoms with Crippen molar-refractivity contribution < 1.29 is 19.0 Å². The molecule has 0 aliphatic carbocycles. The van der Waals surface area contributed by atoms with Crippen molar-refractivity contribution in [2.75, 3.05) is 37.5 Å². The van der Waals surface area contributed by atoms with Gasteiger partial charge in [0.15, 0.2) is 5.82 Å². The van der Waals surface area contributed by atoms with Gasteiger partial charge in [0, 0.05) is 49.4 Å². The van der Waals surface area contributed by atoms with Crippen molar-refractivity contribution in [1.29, 1.82) is 0 Å². The summed E-state index contributed by atoms with van der Waals surface area (Å²) >= 11 is 0. The number of anilines is 2. The SMILES string of the molecule is COc1cc(NC(=O)[C@H]2CCCN(c3nccnc3Oc3ccc(C)cc3)C2)cc(OC)c1. The molecule has 1 aromatic heterocycles. The van der Waals surface area contributed by atoms with Crippen LogP contribution in [0.5, 0.6) is 23.1 Å². The van der Waals surface area contributed by atoms with Crippen LogP contribution in [0.15, 0.2) is 54.9 Å². The summed E-state index contributed by atoms with van der Waals surface area (Å²) < 4.78 is 16.6. The van der Waals surface area contributed by atoms with Gasteiger partial charge in [-0.1, -0.05) is 17.7 Å². The van der Waals surface area contributed by atoms with Gasteiger partial charge in [0.1, 0.15) is 17.2 Å². The van der Waals surface area contributed by atoms with Crippen molar-refractivity contribution in [2.45, 2.75) is 19.8 Å². The maximum Gasteiger partial charge on any atom is 0.263 e. The molecule has 1 saturated heterocycles. The highest BCUT2D eigenvalue weighted by molar-refractivity contribution is 5.93. The number of carbonyl (C=O) groups is 1. The number of methoxy groups -OCH3 is 2. The fraction of sp³-hybridized carbons (Fsp3) is 0.320. The molecule has 0 radical (unpaired) electrons. The molecule has 172 valence electrons. The number of hydrogen-bond acceptors (Lipinski definition) is 7. The van der Waals surface area contributed by atoms with E-state index in [9.17, 15) is 4.79 Å². The molecule has 8 nitrogen and oxygen atoms in total. The molecular weight excluding hydrogens is 420 g/mol. The molecule has 1 aliphatic rings. The van der Waals surface area contributed by atoms with E-state index >= 15 is 0 Å². The first-order chi connectivity index (χ1) is 16.1. The number of benzene rings is 2. The third kappa shape index (κ3) is 5.52. The maximum atomic E-state index is 13.1. The first-order valence-corrected chi connectivity index (χ1v) is 10.9. The number of hydrogen-bond donors (Lipinski definition) is 1. The molecule has 8 heteroatoms. The van der Waals surface area contributed by atoms with Crippen molar-refractivity contribution in [1.82, 2.24) is 9.97 Å². The van der Waals surface area contributed by atoms with Gasteiger partial charge in [0.05, 0.1) is 20.1 Å². The Morgan fingerprint density at radius 3 is 2.39 bits per heavy atom. The number of carbonyl (C=O) groups excluding carboxylic acids is 1. The number of piperidine rings is 1. The summed E-state index contributed by atoms with van der Waals surface area (Å²) in [5.74, 6) is 2.74. The standard InChI is InChI=1S/C25H28N4O4/c1-17-6-8-20(9-7-17)33-25-23(26-10-11-27-25)29-12-4-5-18(16-29)24(30)28-19-13-21(31-2)15-22(14-19)32-3/h6-11,13-15,18H,4-5,12,16H2,1-3H3,(H,28,30)/t18-/m0/s1. The van der Waals surface area contributed by atoms with Crippen LogP contribution in [0.3, 0.4) is 0 Å². The third-order valence-electron chi connectivity index (χ3n) is 5.59. The Labute approximate surface area is 193 Å². The fourth-order valence-electron chi connectivity index (χ4n) is 3.83. The Morgan fingerprint density at radius 1 is 1.00 bits per heavy atom. The van der Waals surface area contributed by atoms with Gasteiger partial charge < -0.3 is 24.4 Å². The largest absolute Gasteiger partial charge is 0.497 e. The summed E-state index contributed by atoms with van der Waals surface area (Å²) in [7, 11) is 3.16. The monoisotopic (exact) mass is 448 g/mol. The molecule has 2 heterocycles. The highest BCUT2D eigenvalue weighted by Crippen LogP contribution is 2.32. The predicted molar refractivity (Wildman–Crippen MR) is 126 cm³/mol. The zero-order valence-corrected chi connectivity index (χ0v) is 19.1. The van der Waals surface area contributed by atoms with E-state index in [0.29, 0.717) is 41.2 Å². The van der Waals surface area contributed by atoms with Crippen LogP contribution in [0.1, 0.15) is 18.4 Å². The van der Waals surface area contributed by atoms with E-state index in [1.807, 2.05) is 31.2 Å². The number of aryl methyl sites for hydroxylation is 1. The van der Waals surface area contributed by atoms with Crippen LogP contribution in [-0.4, -0.2) is 43.2 Å². The first kappa shape index (κ1) is 22.4. The first-order valence-electron chi connectivity index (χ1n) is 10.9. The Hall–Kier alpha value is -3.81. The second-order valence-electron chi connectivity index (χ2n) is 7.98. The van der Waals surface area contributed by atoms with E-state index in [4.69, 9.17) is 14.2 Å². The summed E-state index contributed by atoms with van der Waals surface area (Å²) in [6, 6.07) is 13.1. The van der Waals surface area contributed by atoms with Gasteiger partial charge >= 0.3 is 0 Å². The normalized spacial score (nSPS) is 15.6. The van der Waals surface area contributed by atoms with E-state index in [1.54, 1.807) is 44.8 Å². The van der Waals surface area contributed by atoms with Crippen LogP contribution in [0.2, 0.25) is 0 Å². The van der Waals surface area contributed by atoms with Gasteiger partial charge in [-0.3, -0.25) is 4.79 Å². The Balaban J connectivity index is 1.48. The van der Waals surface area contributed by atoms with E-state index in [0.717, 1.165) is 24.9 Å². The van der Waals surface area contributed by atoms with Crippen molar-refractivity contribution >= 4 is 17.4 Å². The molecule has 33 heavy (non-hydrogen) atoms. The second-order valence-corrected chi connectivity index (χ2v) is 7.98. The molecule has 0 spiro atoms. The summed E-state index contributed by atoms with van der Waals surface area (Å²) in [4.78, 5) is 24.0. The van der Waals surface area contributed by atoms with Crippen LogP contribution >= 0.6 is 0 Å². The molecule has 3 aromatic rings. The maximum absolute atomic E-state index is 13.1. The van der Waals surface area contributed by atoms with Crippen LogP contribution in [0.25, 0.3) is 0 Å². The lowest BCUT2D eigenvalue weighted by Crippen LogP contribution is -2.41. The summed E-state index contributed by atoms with van der Waals surface area (Å²) in [6.45, 7) is 3.33. The Morgan fingerprint density at radius 2 is 1.70 bits per heavy atom. The van der Waals surface area contributed by atoms with Crippen molar-refractivity contribution in [3.8, 4) is 23.1 Å². The van der Waals surface area contributed by atoms with E-state index in [-0.39, 0.29) is 11.8 Å². The molecule has 1 aliphatic heterocycles. The Kier molecular flexibility index (Phi) is 6.92. The molecule has 4 rings (SSSR count). The lowest BCUT2D eigenvalue weighted by molar-refractivity contribution is -0.120. The van der Waals surface area contributed by atoms with Crippen molar-refractivity contribution in [3.05, 3.63) is 60.4 Å². The number of nitrogens with one attached hydrogen (secondary N) is 1. The zero-order chi connectivity index (χ0) is 23.2. The van der Waals surface area contributed by atoms with Crippen LogP contribution in [0, 0.1) is 12.8 Å². The molecule has 1 fully saturated rings. The quantitative estimate of drug-likeness (QED) is 0.571. The average Bonchev–Trinajstić information content (AvgIpc) is 2.85. The van der Waals surface area contributed by atoms with Gasteiger partial charge in [-0.05, 0) is 31.9 Å². The highest BCUT2D eigenvalue weighted by atomic mass is 16.5. The summed E-state index contributed by atoms with van der Waals surface area (Å²) in [5, 5.41) is 3.00. The number of rotatable bonds is 7. The van der Waals surface area contributed by atoms with E-state index in [1.165, 1.54) is 0 Å². The second kappa shape index (κ2) is 10.2. The van der Waals surface area contributed by atoms with Crippen molar-refractivity contribution in [2.24, 2.45) is 5.92 Å². The third-order valence-corrected chi connectivity index (χ3v) is 5.59. The minimum atomic E-state index is -0.204. The molecule has 0 saturated carbocycles. The molecule has 1 N–H and O–H groups in total. The van der Waals surface area contributed by atoms with Gasteiger partial charge in [0.25, 0.3) is 5.88 Å². The Bertz CT molecular complexity index is 1080. The predicted octanol–water partition coefficient (Wildman–Crippen LogP) is 4.45. The molecule has 1 amide bonds. The zero-order valence-electron chi connectivity index (χ0n) is 19.1. The molecule has 2 aromatic carbocycles. The highest BCUT2D eigenvalue weighted by Gasteiger charge is 2.29. The number of nitrogens with zero attached hydrogens (tertiary/aromatic N) is 3. The van der Waals surface area contributed by atoms with Gasteiger partial charge in [-0.2, -0.15) is 0 Å². The average molecular weight is 449 g/mol. The number of amides is 1. The van der Waals surface area contributed by atoms with E-state index in [2.05, 4.69) is 20.2 Å². The molecule has 0 bridgehead atoms. The van der Waals surface area contributed by atoms with Crippen LogP contribution in [-0.2, 0) is 4.79 Å². The summed E-state index contributed by atoms with van der Waals surface area (Å²) in [6.07, 6.45) is 4.90. The molecular formula is C25H28N4O4. The van der Waals surface area contributed by atoms with Crippen LogP contribution < -0.4 is 24.4 Å². The lowest BCUT2D eigenvalue weighted by atomic mass is 9.97. The molecule has 1 atom stereocenters. The molecule has 0 unspecified atom stereocenters. The smallest absolute Gasteiger partial charge is 0.263 e. The van der Waals surface area contributed by atoms with Crippen molar-refractivity contribution in [3.63, 3.8) is 0 Å². The fourth-order valence-corrected chi connectivity index (χ4v) is 3.83. The van der Waals surface area contributed by atoms with Gasteiger partial charge in [-0.25, -0.2) is 9.97 Å². The topological polar surface area (TPSA) is 85.8 Å². The van der Waals surface area contributed by atoms with Crippen LogP contribution in [0.4, 0.5) is 11.5 Å². The van der Waals surface area contributed by atoms with Gasteiger partial charge in [-0.15, -0.1) is 0 Å². The van der Waals surface area contributed by atoms with Gasteiger partial charge in [0.2, 0.25) is 5.91 Å². The number of ether oxygens (including phenoxy) is 3.